The van der Waals surface area contributed by atoms with Gasteiger partial charge in [0.05, 0.1) is 6.54 Å². The van der Waals surface area contributed by atoms with Crippen LogP contribution in [0.15, 0.2) is 12.4 Å². The van der Waals surface area contributed by atoms with E-state index in [1.54, 1.807) is 6.33 Å². The summed E-state index contributed by atoms with van der Waals surface area (Å²) in [6.45, 7) is 4.74. The molecule has 0 bridgehead atoms. The van der Waals surface area contributed by atoms with Gasteiger partial charge in [0.15, 0.2) is 0 Å². The Hall–Kier alpha value is -1.98. The highest BCUT2D eigenvalue weighted by Crippen LogP contribution is 2.16. The van der Waals surface area contributed by atoms with Crippen molar-refractivity contribution >= 4 is 5.82 Å². The van der Waals surface area contributed by atoms with Crippen molar-refractivity contribution in [3.8, 4) is 0 Å². The number of aromatic nitrogens is 5. The minimum Gasteiger partial charge on any atom is -0.365 e. The Morgan fingerprint density at radius 3 is 3.06 bits per heavy atom. The molecule has 1 atom stereocenters. The maximum absolute atomic E-state index is 4.40. The molecule has 3 heterocycles. The Morgan fingerprint density at radius 1 is 1.33 bits per heavy atom. The van der Waals surface area contributed by atoms with Gasteiger partial charge in [0, 0.05) is 24.2 Å². The highest BCUT2D eigenvalue weighted by Gasteiger charge is 2.19. The summed E-state index contributed by atoms with van der Waals surface area (Å²) >= 11 is 0. The van der Waals surface area contributed by atoms with Gasteiger partial charge in [-0.15, -0.1) is 0 Å². The Labute approximate surface area is 105 Å². The first-order valence-corrected chi connectivity index (χ1v) is 6.16. The molecule has 2 aromatic rings. The average Bonchev–Trinajstić information content (AvgIpc) is 2.74. The zero-order chi connectivity index (χ0) is 12.5. The van der Waals surface area contributed by atoms with E-state index in [0.717, 1.165) is 42.5 Å². The Balaban J connectivity index is 1.74. The number of aryl methyl sites for hydroxylation is 3. The molecule has 0 radical (unpaired) electrons. The van der Waals surface area contributed by atoms with Gasteiger partial charge in [-0.05, 0) is 20.3 Å². The van der Waals surface area contributed by atoms with Crippen LogP contribution in [-0.4, -0.2) is 30.8 Å². The van der Waals surface area contributed by atoms with Gasteiger partial charge >= 0.3 is 0 Å². The molecule has 1 N–H and O–H groups in total. The van der Waals surface area contributed by atoms with Gasteiger partial charge in [0.1, 0.15) is 23.8 Å². The van der Waals surface area contributed by atoms with Crippen molar-refractivity contribution in [2.75, 3.05) is 5.32 Å². The SMILES string of the molecule is Cc1cc(NC2CCc3ncnn3C2)nc(C)n1. The second-order valence-electron chi connectivity index (χ2n) is 4.68. The van der Waals surface area contributed by atoms with E-state index >= 15 is 0 Å². The average molecular weight is 244 g/mol. The van der Waals surface area contributed by atoms with Crippen molar-refractivity contribution in [2.24, 2.45) is 0 Å². The summed E-state index contributed by atoms with van der Waals surface area (Å²) in [5, 5.41) is 7.67. The largest absolute Gasteiger partial charge is 0.365 e. The lowest BCUT2D eigenvalue weighted by Crippen LogP contribution is -2.32. The molecule has 0 spiro atoms. The first kappa shape index (κ1) is 11.1. The highest BCUT2D eigenvalue weighted by molar-refractivity contribution is 5.37. The fraction of sp³-hybridized carbons (Fsp3) is 0.500. The predicted octanol–water partition coefficient (Wildman–Crippen LogP) is 1.11. The molecule has 0 fully saturated rings. The van der Waals surface area contributed by atoms with Crippen LogP contribution in [0.3, 0.4) is 0 Å². The fourth-order valence-electron chi connectivity index (χ4n) is 2.36. The number of nitrogens with one attached hydrogen (secondary N) is 1. The summed E-state index contributed by atoms with van der Waals surface area (Å²) in [6.07, 6.45) is 3.64. The lowest BCUT2D eigenvalue weighted by molar-refractivity contribution is 0.440. The second kappa shape index (κ2) is 4.36. The van der Waals surface area contributed by atoms with Crippen molar-refractivity contribution in [1.29, 1.82) is 0 Å². The molecule has 2 aromatic heterocycles. The summed E-state index contributed by atoms with van der Waals surface area (Å²) in [5.74, 6) is 2.77. The van der Waals surface area contributed by atoms with Crippen LogP contribution in [0, 0.1) is 13.8 Å². The van der Waals surface area contributed by atoms with E-state index in [9.17, 15) is 0 Å². The third kappa shape index (κ3) is 2.18. The van der Waals surface area contributed by atoms with E-state index in [1.165, 1.54) is 0 Å². The zero-order valence-electron chi connectivity index (χ0n) is 10.6. The molecule has 0 saturated carbocycles. The van der Waals surface area contributed by atoms with Crippen molar-refractivity contribution < 1.29 is 0 Å². The summed E-state index contributed by atoms with van der Waals surface area (Å²) in [4.78, 5) is 12.9. The maximum atomic E-state index is 4.40. The number of hydrogen-bond donors (Lipinski definition) is 1. The fourth-order valence-corrected chi connectivity index (χ4v) is 2.36. The lowest BCUT2D eigenvalue weighted by atomic mass is 10.1. The van der Waals surface area contributed by atoms with Gasteiger partial charge in [0.2, 0.25) is 0 Å². The lowest BCUT2D eigenvalue weighted by Gasteiger charge is -2.24. The van der Waals surface area contributed by atoms with Crippen LogP contribution in [0.4, 0.5) is 5.82 Å². The van der Waals surface area contributed by atoms with Crippen LogP contribution in [0.5, 0.6) is 0 Å². The van der Waals surface area contributed by atoms with Crippen molar-refractivity contribution in [3.05, 3.63) is 29.7 Å². The standard InChI is InChI=1S/C12H16N6/c1-8-5-11(16-9(2)15-8)17-10-3-4-12-13-7-14-18(12)6-10/h5,7,10H,3-4,6H2,1-2H3,(H,15,16,17). The predicted molar refractivity (Wildman–Crippen MR) is 67.3 cm³/mol. The van der Waals surface area contributed by atoms with E-state index in [-0.39, 0.29) is 0 Å². The first-order chi connectivity index (χ1) is 8.70. The van der Waals surface area contributed by atoms with E-state index < -0.39 is 0 Å². The molecule has 3 rings (SSSR count). The van der Waals surface area contributed by atoms with Crippen LogP contribution in [0.2, 0.25) is 0 Å². The summed E-state index contributed by atoms with van der Waals surface area (Å²) in [6, 6.07) is 2.33. The van der Waals surface area contributed by atoms with Gasteiger partial charge in [-0.1, -0.05) is 0 Å². The molecule has 0 aliphatic carbocycles. The summed E-state index contributed by atoms with van der Waals surface area (Å²) in [7, 11) is 0. The third-order valence-electron chi connectivity index (χ3n) is 3.12. The van der Waals surface area contributed by atoms with Crippen LogP contribution < -0.4 is 5.32 Å². The molecule has 1 aliphatic rings. The third-order valence-corrected chi connectivity index (χ3v) is 3.12. The quantitative estimate of drug-likeness (QED) is 0.857. The number of anilines is 1. The van der Waals surface area contributed by atoms with Gasteiger partial charge in [0.25, 0.3) is 0 Å². The van der Waals surface area contributed by atoms with E-state index in [1.807, 2.05) is 24.6 Å². The van der Waals surface area contributed by atoms with Crippen molar-refractivity contribution in [1.82, 2.24) is 24.7 Å². The molecular formula is C12H16N6. The molecule has 18 heavy (non-hydrogen) atoms. The van der Waals surface area contributed by atoms with Crippen molar-refractivity contribution in [3.63, 3.8) is 0 Å². The molecule has 1 aliphatic heterocycles. The van der Waals surface area contributed by atoms with Gasteiger partial charge in [-0.2, -0.15) is 5.10 Å². The Kier molecular flexibility index (Phi) is 2.70. The molecular weight excluding hydrogens is 228 g/mol. The smallest absolute Gasteiger partial charge is 0.138 e. The van der Waals surface area contributed by atoms with Gasteiger partial charge < -0.3 is 5.32 Å². The zero-order valence-corrected chi connectivity index (χ0v) is 10.6. The van der Waals surface area contributed by atoms with Crippen LogP contribution >= 0.6 is 0 Å². The topological polar surface area (TPSA) is 68.5 Å². The molecule has 6 nitrogen and oxygen atoms in total. The van der Waals surface area contributed by atoms with E-state index in [2.05, 4.69) is 25.4 Å². The molecule has 1 unspecified atom stereocenters. The molecule has 94 valence electrons. The van der Waals surface area contributed by atoms with E-state index in [0.29, 0.717) is 6.04 Å². The van der Waals surface area contributed by atoms with Gasteiger partial charge in [-0.3, -0.25) is 0 Å². The number of rotatable bonds is 2. The number of nitrogens with zero attached hydrogens (tertiary/aromatic N) is 5. The summed E-state index contributed by atoms with van der Waals surface area (Å²) in [5.41, 5.74) is 0.988. The van der Waals surface area contributed by atoms with Crippen LogP contribution in [0.1, 0.15) is 23.8 Å². The van der Waals surface area contributed by atoms with Crippen LogP contribution in [0.25, 0.3) is 0 Å². The minimum absolute atomic E-state index is 0.355. The normalized spacial score (nSPS) is 18.4. The van der Waals surface area contributed by atoms with Crippen molar-refractivity contribution in [2.45, 2.75) is 39.3 Å². The molecule has 6 heteroatoms. The summed E-state index contributed by atoms with van der Waals surface area (Å²) < 4.78 is 1.96. The first-order valence-electron chi connectivity index (χ1n) is 6.16. The number of hydrogen-bond acceptors (Lipinski definition) is 5. The molecule has 0 saturated heterocycles. The second-order valence-corrected chi connectivity index (χ2v) is 4.68. The number of fused-ring (bicyclic) bond motifs is 1. The van der Waals surface area contributed by atoms with Gasteiger partial charge in [-0.25, -0.2) is 19.6 Å². The highest BCUT2D eigenvalue weighted by atomic mass is 15.3. The molecule has 0 aromatic carbocycles. The Bertz CT molecular complexity index is 541. The van der Waals surface area contributed by atoms with Crippen LogP contribution in [-0.2, 0) is 13.0 Å². The Morgan fingerprint density at radius 2 is 2.22 bits per heavy atom. The molecule has 0 amide bonds. The maximum Gasteiger partial charge on any atom is 0.138 e. The monoisotopic (exact) mass is 244 g/mol. The van der Waals surface area contributed by atoms with E-state index in [4.69, 9.17) is 0 Å². The minimum atomic E-state index is 0.355.